The summed E-state index contributed by atoms with van der Waals surface area (Å²) in [5, 5.41) is 9.34. The Morgan fingerprint density at radius 3 is 2.76 bits per heavy atom. The lowest BCUT2D eigenvalue weighted by molar-refractivity contribution is -0.145. The molecule has 1 aliphatic heterocycles. The Morgan fingerprint density at radius 1 is 1.29 bits per heavy atom. The van der Waals surface area contributed by atoms with E-state index < -0.39 is 5.97 Å². The zero-order valence-corrected chi connectivity index (χ0v) is 9.75. The molecule has 3 heteroatoms. The fourth-order valence-corrected chi connectivity index (χ4v) is 3.44. The molecular formula is C14H17NO2. The molecule has 1 aromatic rings. The van der Waals surface area contributed by atoms with E-state index in [-0.39, 0.29) is 6.04 Å². The van der Waals surface area contributed by atoms with E-state index in [9.17, 15) is 9.90 Å². The third kappa shape index (κ3) is 1.84. The van der Waals surface area contributed by atoms with Gasteiger partial charge in [-0.3, -0.25) is 9.69 Å². The summed E-state index contributed by atoms with van der Waals surface area (Å²) in [6.45, 7) is 0.777. The first-order valence-electron chi connectivity index (χ1n) is 6.28. The normalized spacial score (nSPS) is 31.9. The van der Waals surface area contributed by atoms with Crippen LogP contribution in [0, 0.1) is 5.92 Å². The summed E-state index contributed by atoms with van der Waals surface area (Å²) in [5.41, 5.74) is 1.21. The molecule has 1 aliphatic carbocycles. The van der Waals surface area contributed by atoms with Crippen LogP contribution in [0.4, 0.5) is 0 Å². The molecule has 0 unspecified atom stereocenters. The van der Waals surface area contributed by atoms with Gasteiger partial charge in [-0.05, 0) is 30.7 Å². The number of likely N-dealkylation sites (tertiary alicyclic amines) is 1. The second-order valence-electron chi connectivity index (χ2n) is 5.17. The van der Waals surface area contributed by atoms with Crippen LogP contribution in [0.2, 0.25) is 0 Å². The highest BCUT2D eigenvalue weighted by Gasteiger charge is 2.48. The molecule has 2 fully saturated rings. The number of carboxylic acid groups (broad SMARTS) is 1. The van der Waals surface area contributed by atoms with Crippen molar-refractivity contribution in [2.75, 3.05) is 0 Å². The number of piperidine rings is 1. The second-order valence-corrected chi connectivity index (χ2v) is 5.17. The van der Waals surface area contributed by atoms with Crippen LogP contribution in [0.3, 0.4) is 0 Å². The Bertz CT molecular complexity index is 417. The monoisotopic (exact) mass is 231 g/mol. The van der Waals surface area contributed by atoms with Crippen molar-refractivity contribution >= 4 is 5.97 Å². The highest BCUT2D eigenvalue weighted by atomic mass is 16.4. The van der Waals surface area contributed by atoms with Crippen LogP contribution in [0.1, 0.15) is 24.8 Å². The maximum absolute atomic E-state index is 11.4. The summed E-state index contributed by atoms with van der Waals surface area (Å²) in [5.74, 6) is -0.269. The molecule has 2 aliphatic rings. The van der Waals surface area contributed by atoms with E-state index in [1.807, 2.05) is 18.2 Å². The van der Waals surface area contributed by atoms with Gasteiger partial charge in [0.15, 0.2) is 0 Å². The summed E-state index contributed by atoms with van der Waals surface area (Å²) in [4.78, 5) is 13.5. The molecule has 0 radical (unpaired) electrons. The smallest absolute Gasteiger partial charge is 0.321 e. The van der Waals surface area contributed by atoms with Crippen molar-refractivity contribution in [3.63, 3.8) is 0 Å². The molecule has 3 rings (SSSR count). The van der Waals surface area contributed by atoms with Crippen LogP contribution in [0.5, 0.6) is 0 Å². The minimum Gasteiger partial charge on any atom is -0.480 e. The van der Waals surface area contributed by atoms with E-state index in [1.165, 1.54) is 12.0 Å². The molecule has 17 heavy (non-hydrogen) atoms. The molecule has 3 atom stereocenters. The summed E-state index contributed by atoms with van der Waals surface area (Å²) >= 11 is 0. The highest BCUT2D eigenvalue weighted by Crippen LogP contribution is 2.43. The molecule has 0 spiro atoms. The van der Waals surface area contributed by atoms with Crippen LogP contribution in [0.25, 0.3) is 0 Å². The fourth-order valence-electron chi connectivity index (χ4n) is 3.44. The van der Waals surface area contributed by atoms with E-state index in [4.69, 9.17) is 0 Å². The molecule has 1 N–H and O–H groups in total. The zero-order valence-electron chi connectivity index (χ0n) is 9.75. The number of hydrogen-bond acceptors (Lipinski definition) is 2. The Morgan fingerprint density at radius 2 is 2.06 bits per heavy atom. The summed E-state index contributed by atoms with van der Waals surface area (Å²) < 4.78 is 0. The minimum atomic E-state index is -0.645. The van der Waals surface area contributed by atoms with Crippen molar-refractivity contribution in [2.24, 2.45) is 5.92 Å². The summed E-state index contributed by atoms with van der Waals surface area (Å²) in [7, 11) is 0. The van der Waals surface area contributed by atoms with Gasteiger partial charge in [-0.25, -0.2) is 0 Å². The van der Waals surface area contributed by atoms with Gasteiger partial charge in [-0.15, -0.1) is 0 Å². The Kier molecular flexibility index (Phi) is 2.63. The van der Waals surface area contributed by atoms with E-state index in [0.717, 1.165) is 19.4 Å². The Labute approximate surface area is 101 Å². The molecule has 1 saturated heterocycles. The van der Waals surface area contributed by atoms with Crippen molar-refractivity contribution in [1.29, 1.82) is 0 Å². The standard InChI is InChI=1S/C14H17NO2/c16-14(17)13-11-6-7-12(8-11)15(13)9-10-4-2-1-3-5-10/h1-5,11-13H,6-9H2,(H,16,17)/t11-,12+,13+/m1/s1. The maximum atomic E-state index is 11.4. The van der Waals surface area contributed by atoms with Gasteiger partial charge in [0.1, 0.15) is 6.04 Å². The zero-order chi connectivity index (χ0) is 11.8. The van der Waals surface area contributed by atoms with Crippen LogP contribution < -0.4 is 0 Å². The first-order valence-corrected chi connectivity index (χ1v) is 6.28. The van der Waals surface area contributed by atoms with Gasteiger partial charge in [0.05, 0.1) is 0 Å². The minimum absolute atomic E-state index is 0.256. The first-order chi connectivity index (χ1) is 8.25. The van der Waals surface area contributed by atoms with Gasteiger partial charge in [0, 0.05) is 12.6 Å². The number of nitrogens with zero attached hydrogens (tertiary/aromatic N) is 1. The number of aliphatic carboxylic acids is 1. The predicted molar refractivity (Wildman–Crippen MR) is 64.5 cm³/mol. The summed E-state index contributed by atoms with van der Waals surface area (Å²) in [6.07, 6.45) is 3.33. The van der Waals surface area contributed by atoms with Gasteiger partial charge >= 0.3 is 5.97 Å². The Balaban J connectivity index is 1.80. The number of rotatable bonds is 3. The largest absolute Gasteiger partial charge is 0.480 e. The van der Waals surface area contributed by atoms with Gasteiger partial charge < -0.3 is 5.11 Å². The molecule has 3 nitrogen and oxygen atoms in total. The van der Waals surface area contributed by atoms with Crippen molar-refractivity contribution < 1.29 is 9.90 Å². The van der Waals surface area contributed by atoms with Crippen LogP contribution in [-0.4, -0.2) is 28.1 Å². The average Bonchev–Trinajstić information content (AvgIpc) is 2.90. The number of hydrogen-bond donors (Lipinski definition) is 1. The van der Waals surface area contributed by atoms with Crippen LogP contribution in [0.15, 0.2) is 30.3 Å². The molecule has 0 aromatic heterocycles. The highest BCUT2D eigenvalue weighted by molar-refractivity contribution is 5.74. The lowest BCUT2D eigenvalue weighted by Crippen LogP contribution is -2.45. The molecule has 1 heterocycles. The van der Waals surface area contributed by atoms with Crippen molar-refractivity contribution in [1.82, 2.24) is 4.90 Å². The third-order valence-corrected chi connectivity index (χ3v) is 4.18. The number of benzene rings is 1. The van der Waals surface area contributed by atoms with E-state index in [1.54, 1.807) is 0 Å². The average molecular weight is 231 g/mol. The van der Waals surface area contributed by atoms with E-state index in [0.29, 0.717) is 12.0 Å². The van der Waals surface area contributed by atoms with Crippen molar-refractivity contribution in [2.45, 2.75) is 37.9 Å². The van der Waals surface area contributed by atoms with Crippen molar-refractivity contribution in [3.8, 4) is 0 Å². The van der Waals surface area contributed by atoms with Gasteiger partial charge in [-0.2, -0.15) is 0 Å². The number of carboxylic acids is 1. The number of carbonyl (C=O) groups is 1. The fraction of sp³-hybridized carbons (Fsp3) is 0.500. The lowest BCUT2D eigenvalue weighted by atomic mass is 9.98. The first kappa shape index (κ1) is 10.8. The maximum Gasteiger partial charge on any atom is 0.321 e. The van der Waals surface area contributed by atoms with E-state index >= 15 is 0 Å². The van der Waals surface area contributed by atoms with Crippen LogP contribution >= 0.6 is 0 Å². The molecule has 0 amide bonds. The molecule has 1 saturated carbocycles. The lowest BCUT2D eigenvalue weighted by Gasteiger charge is -2.32. The predicted octanol–water partition coefficient (Wildman–Crippen LogP) is 2.12. The second kappa shape index (κ2) is 4.15. The van der Waals surface area contributed by atoms with E-state index in [2.05, 4.69) is 17.0 Å². The Hall–Kier alpha value is -1.35. The van der Waals surface area contributed by atoms with Crippen LogP contribution in [-0.2, 0) is 11.3 Å². The molecule has 1 aromatic carbocycles. The van der Waals surface area contributed by atoms with Gasteiger partial charge in [-0.1, -0.05) is 30.3 Å². The quantitative estimate of drug-likeness (QED) is 0.866. The summed E-state index contributed by atoms with van der Waals surface area (Å²) in [6, 6.07) is 10.4. The molecule has 2 bridgehead atoms. The molecule has 90 valence electrons. The van der Waals surface area contributed by atoms with Gasteiger partial charge in [0.25, 0.3) is 0 Å². The topological polar surface area (TPSA) is 40.5 Å². The van der Waals surface area contributed by atoms with Crippen molar-refractivity contribution in [3.05, 3.63) is 35.9 Å². The molecular weight excluding hydrogens is 214 g/mol. The number of fused-ring (bicyclic) bond motifs is 2. The SMILES string of the molecule is O=C(O)[C@@H]1[C@@H]2CC[C@@H](C2)N1Cc1ccccc1. The van der Waals surface area contributed by atoms with Gasteiger partial charge in [0.2, 0.25) is 0 Å². The third-order valence-electron chi connectivity index (χ3n) is 4.18.